The van der Waals surface area contributed by atoms with Crippen molar-refractivity contribution in [3.63, 3.8) is 0 Å². The summed E-state index contributed by atoms with van der Waals surface area (Å²) >= 11 is 0. The van der Waals surface area contributed by atoms with Gasteiger partial charge in [-0.3, -0.25) is 14.6 Å². The molecule has 0 saturated carbocycles. The number of aromatic nitrogens is 4. The summed E-state index contributed by atoms with van der Waals surface area (Å²) in [6, 6.07) is 7.00. The molecule has 0 aliphatic carbocycles. The molecule has 2 N–H and O–H groups in total. The minimum absolute atomic E-state index is 0.128. The molecule has 9 nitrogen and oxygen atoms in total. The Hall–Kier alpha value is -2.81. The first-order valence-electron chi connectivity index (χ1n) is 7.80. The van der Waals surface area contributed by atoms with Crippen LogP contribution in [0.25, 0.3) is 11.4 Å². The van der Waals surface area contributed by atoms with Crippen molar-refractivity contribution in [2.45, 2.75) is 18.4 Å². The van der Waals surface area contributed by atoms with E-state index in [4.69, 9.17) is 0 Å². The van der Waals surface area contributed by atoms with E-state index in [9.17, 15) is 9.59 Å². The van der Waals surface area contributed by atoms with Crippen LogP contribution in [-0.4, -0.2) is 63.1 Å². The highest BCUT2D eigenvalue weighted by atomic mass is 16.2. The fourth-order valence-electron chi connectivity index (χ4n) is 3.51. The summed E-state index contributed by atoms with van der Waals surface area (Å²) in [4.78, 5) is 28.3. The predicted molar refractivity (Wildman–Crippen MR) is 85.1 cm³/mol. The molecule has 3 amide bonds. The van der Waals surface area contributed by atoms with Gasteiger partial charge in [-0.1, -0.05) is 0 Å². The topological polar surface area (TPSA) is 107 Å². The van der Waals surface area contributed by atoms with E-state index in [0.29, 0.717) is 37.4 Å². The van der Waals surface area contributed by atoms with Crippen molar-refractivity contribution < 1.29 is 9.59 Å². The molecule has 2 aliphatic rings. The molecule has 2 aromatic rings. The first-order chi connectivity index (χ1) is 11.6. The molecular weight excluding hydrogens is 310 g/mol. The molecule has 1 spiro atoms. The lowest BCUT2D eigenvalue weighted by Gasteiger charge is -2.38. The zero-order valence-corrected chi connectivity index (χ0v) is 13.2. The van der Waals surface area contributed by atoms with Crippen molar-refractivity contribution in [3.05, 3.63) is 24.3 Å². The Bertz CT molecular complexity index is 766. The molecule has 0 bridgehead atoms. The monoisotopic (exact) mass is 327 g/mol. The summed E-state index contributed by atoms with van der Waals surface area (Å²) in [7, 11) is 1.54. The minimum atomic E-state index is -0.787. The lowest BCUT2D eigenvalue weighted by atomic mass is 9.86. The van der Waals surface area contributed by atoms with Crippen molar-refractivity contribution in [2.75, 3.05) is 25.0 Å². The van der Waals surface area contributed by atoms with Crippen LogP contribution in [0.5, 0.6) is 0 Å². The van der Waals surface area contributed by atoms with E-state index in [-0.39, 0.29) is 11.9 Å². The Morgan fingerprint density at radius 3 is 2.46 bits per heavy atom. The largest absolute Gasteiger partial charge is 0.331 e. The Balaban J connectivity index is 1.73. The molecule has 0 atom stereocenters. The summed E-state index contributed by atoms with van der Waals surface area (Å²) in [5.74, 6) is 0.357. The predicted octanol–water partition coefficient (Wildman–Crippen LogP) is 0.387. The Morgan fingerprint density at radius 1 is 1.12 bits per heavy atom. The second-order valence-corrected chi connectivity index (χ2v) is 6.05. The van der Waals surface area contributed by atoms with E-state index in [1.54, 1.807) is 11.9 Å². The first kappa shape index (κ1) is 14.8. The molecule has 9 heteroatoms. The third-order valence-corrected chi connectivity index (χ3v) is 4.77. The number of hydrogen-bond acceptors (Lipinski definition) is 6. The molecule has 2 fully saturated rings. The fraction of sp³-hybridized carbons (Fsp3) is 0.400. The number of likely N-dealkylation sites (N-methyl/N-ethyl adjacent to an activating group) is 1. The molecule has 24 heavy (non-hydrogen) atoms. The summed E-state index contributed by atoms with van der Waals surface area (Å²) < 4.78 is 0. The van der Waals surface area contributed by atoms with Crippen LogP contribution in [0.2, 0.25) is 0 Å². The number of benzene rings is 1. The van der Waals surface area contributed by atoms with Crippen LogP contribution in [0.1, 0.15) is 12.8 Å². The number of hydrogen-bond donors (Lipinski definition) is 2. The Kier molecular flexibility index (Phi) is 3.31. The molecule has 124 valence electrons. The van der Waals surface area contributed by atoms with Gasteiger partial charge in [0.25, 0.3) is 5.91 Å². The maximum absolute atomic E-state index is 12.7. The van der Waals surface area contributed by atoms with Gasteiger partial charge in [0.2, 0.25) is 5.82 Å². The van der Waals surface area contributed by atoms with Crippen molar-refractivity contribution in [1.82, 2.24) is 30.8 Å². The van der Waals surface area contributed by atoms with Crippen LogP contribution in [0.4, 0.5) is 10.5 Å². The maximum Gasteiger partial charge on any atom is 0.331 e. The molecule has 1 aromatic heterocycles. The number of piperidine rings is 1. The third-order valence-electron chi connectivity index (χ3n) is 4.77. The second kappa shape index (κ2) is 5.38. The number of urea groups is 1. The number of aromatic amines is 1. The van der Waals surface area contributed by atoms with Gasteiger partial charge in [0.05, 0.1) is 0 Å². The van der Waals surface area contributed by atoms with Crippen LogP contribution < -0.4 is 10.2 Å². The molecule has 0 radical (unpaired) electrons. The highest BCUT2D eigenvalue weighted by Gasteiger charge is 2.56. The zero-order valence-electron chi connectivity index (χ0n) is 13.2. The fourth-order valence-corrected chi connectivity index (χ4v) is 3.51. The molecule has 1 aromatic carbocycles. The number of amides is 3. The maximum atomic E-state index is 12.7. The average molecular weight is 327 g/mol. The van der Waals surface area contributed by atoms with Gasteiger partial charge in [-0.05, 0) is 55.4 Å². The van der Waals surface area contributed by atoms with Crippen molar-refractivity contribution in [3.8, 4) is 11.4 Å². The SMILES string of the molecule is CN1C(=O)N(c2ccc(-c3nn[nH]n3)cc2)C2(CCNCC2)C1=O. The van der Waals surface area contributed by atoms with Gasteiger partial charge in [0.1, 0.15) is 5.54 Å². The lowest BCUT2D eigenvalue weighted by molar-refractivity contribution is -0.130. The number of tetrazole rings is 1. The average Bonchev–Trinajstić information content (AvgIpc) is 3.21. The van der Waals surface area contributed by atoms with Crippen LogP contribution in [0.3, 0.4) is 0 Å². The Labute approximate surface area is 138 Å². The summed E-state index contributed by atoms with van der Waals surface area (Å²) in [6.07, 6.45) is 1.21. The molecule has 2 saturated heterocycles. The zero-order chi connectivity index (χ0) is 16.7. The summed E-state index contributed by atoms with van der Waals surface area (Å²) in [5, 5.41) is 17.1. The van der Waals surface area contributed by atoms with Gasteiger partial charge >= 0.3 is 6.03 Å². The van der Waals surface area contributed by atoms with E-state index in [1.807, 2.05) is 24.3 Å². The van der Waals surface area contributed by atoms with E-state index >= 15 is 0 Å². The molecule has 4 rings (SSSR count). The molecule has 0 unspecified atom stereocenters. The van der Waals surface area contributed by atoms with Crippen LogP contribution in [-0.2, 0) is 4.79 Å². The number of carbonyl (C=O) groups excluding carboxylic acids is 2. The standard InChI is InChI=1S/C15H17N7O2/c1-21-13(23)15(6-8-16-9-7-15)22(14(21)24)11-4-2-10(3-5-11)12-17-19-20-18-12/h2-5,16H,6-9H2,1H3,(H,17,18,19,20). The van der Waals surface area contributed by atoms with Crippen molar-refractivity contribution in [1.29, 1.82) is 0 Å². The van der Waals surface area contributed by atoms with Gasteiger partial charge in [0, 0.05) is 18.3 Å². The third kappa shape index (κ3) is 2.01. The number of nitrogens with zero attached hydrogens (tertiary/aromatic N) is 5. The molecule has 3 heterocycles. The number of anilines is 1. The first-order valence-corrected chi connectivity index (χ1v) is 7.80. The van der Waals surface area contributed by atoms with Crippen LogP contribution >= 0.6 is 0 Å². The van der Waals surface area contributed by atoms with Crippen molar-refractivity contribution in [2.24, 2.45) is 0 Å². The van der Waals surface area contributed by atoms with E-state index < -0.39 is 5.54 Å². The van der Waals surface area contributed by atoms with E-state index in [0.717, 1.165) is 5.56 Å². The van der Waals surface area contributed by atoms with E-state index in [1.165, 1.54) is 4.90 Å². The van der Waals surface area contributed by atoms with Gasteiger partial charge in [-0.2, -0.15) is 5.21 Å². The number of nitrogens with one attached hydrogen (secondary N) is 2. The van der Waals surface area contributed by atoms with Gasteiger partial charge in [0.15, 0.2) is 0 Å². The highest BCUT2D eigenvalue weighted by Crippen LogP contribution is 2.39. The van der Waals surface area contributed by atoms with Gasteiger partial charge in [-0.25, -0.2) is 4.79 Å². The highest BCUT2D eigenvalue weighted by molar-refractivity contribution is 6.16. The minimum Gasteiger partial charge on any atom is -0.317 e. The number of carbonyl (C=O) groups is 2. The normalized spacial score (nSPS) is 20.2. The van der Waals surface area contributed by atoms with Gasteiger partial charge < -0.3 is 5.32 Å². The summed E-state index contributed by atoms with van der Waals surface area (Å²) in [6.45, 7) is 1.43. The number of rotatable bonds is 2. The second-order valence-electron chi connectivity index (χ2n) is 6.05. The summed E-state index contributed by atoms with van der Waals surface area (Å²) in [5.41, 5.74) is 0.704. The molecule has 2 aliphatic heterocycles. The van der Waals surface area contributed by atoms with E-state index in [2.05, 4.69) is 25.9 Å². The van der Waals surface area contributed by atoms with Crippen molar-refractivity contribution >= 4 is 17.6 Å². The van der Waals surface area contributed by atoms with Crippen LogP contribution in [0.15, 0.2) is 24.3 Å². The van der Waals surface area contributed by atoms with Gasteiger partial charge in [-0.15, -0.1) is 10.2 Å². The number of imide groups is 1. The quantitative estimate of drug-likeness (QED) is 0.773. The lowest BCUT2D eigenvalue weighted by Crippen LogP contribution is -2.56. The Morgan fingerprint density at radius 2 is 1.83 bits per heavy atom. The molecular formula is C15H17N7O2. The van der Waals surface area contributed by atoms with Crippen LogP contribution in [0, 0.1) is 0 Å². The number of H-pyrrole nitrogens is 1. The smallest absolute Gasteiger partial charge is 0.317 e.